The van der Waals surface area contributed by atoms with Crippen LogP contribution in [0.25, 0.3) is 10.8 Å². The summed E-state index contributed by atoms with van der Waals surface area (Å²) in [5.74, 6) is 0. The Bertz CT molecular complexity index is 1310. The molecule has 0 spiro atoms. The van der Waals surface area contributed by atoms with Crippen LogP contribution in [0, 0.1) is 13.8 Å². The second-order valence-electron chi connectivity index (χ2n) is 6.86. The molecule has 0 saturated heterocycles. The molecule has 0 aliphatic rings. The first-order valence-electron chi connectivity index (χ1n) is 8.86. The standard InChI is InChI=1S/C22H18O4S2Te/c1-15-7-11-17(12-8-15)27(23,24)21-19-5-3-4-6-20(19)22(29-21)28(25,26)18-13-9-16(2)10-14-18/h3-14H,1-2H3. The third-order valence-electron chi connectivity index (χ3n) is 4.70. The molecule has 0 amide bonds. The molecule has 7 heteroatoms. The molecule has 29 heavy (non-hydrogen) atoms. The van der Waals surface area contributed by atoms with Crippen LogP contribution in [0.15, 0.2) is 88.4 Å². The summed E-state index contributed by atoms with van der Waals surface area (Å²) in [6.45, 7) is 3.78. The molecule has 1 aromatic heterocycles. The summed E-state index contributed by atoms with van der Waals surface area (Å²) in [6.07, 6.45) is 0. The summed E-state index contributed by atoms with van der Waals surface area (Å²) in [6, 6.07) is 20.3. The molecule has 0 unspecified atom stereocenters. The van der Waals surface area contributed by atoms with Crippen molar-refractivity contribution in [1.29, 1.82) is 0 Å². The molecule has 3 aromatic carbocycles. The first-order valence-corrected chi connectivity index (χ1v) is 14.2. The maximum atomic E-state index is 13.3. The van der Waals surface area contributed by atoms with Gasteiger partial charge in [-0.2, -0.15) is 0 Å². The number of hydrogen-bond acceptors (Lipinski definition) is 4. The summed E-state index contributed by atoms with van der Waals surface area (Å²) in [7, 11) is -7.52. The Hall–Kier alpha value is -1.91. The van der Waals surface area contributed by atoms with Crippen LogP contribution in [-0.2, 0) is 19.7 Å². The number of sulfone groups is 2. The van der Waals surface area contributed by atoms with Crippen LogP contribution in [0.2, 0.25) is 0 Å². The quantitative estimate of drug-likeness (QED) is 0.366. The van der Waals surface area contributed by atoms with Gasteiger partial charge in [-0.1, -0.05) is 0 Å². The third-order valence-corrected chi connectivity index (χ3v) is 15.1. The number of fused-ring (bicyclic) bond motifs is 1. The Morgan fingerprint density at radius 1 is 0.552 bits per heavy atom. The molecule has 148 valence electrons. The van der Waals surface area contributed by atoms with Crippen molar-refractivity contribution >= 4 is 50.9 Å². The van der Waals surface area contributed by atoms with Crippen molar-refractivity contribution in [2.75, 3.05) is 0 Å². The van der Waals surface area contributed by atoms with E-state index in [1.165, 1.54) is 0 Å². The van der Waals surface area contributed by atoms with Gasteiger partial charge in [-0.05, 0) is 0 Å². The summed E-state index contributed by atoms with van der Waals surface area (Å²) < 4.78 is 53.9. The van der Waals surface area contributed by atoms with E-state index < -0.39 is 40.1 Å². The minimum atomic E-state index is -3.76. The zero-order valence-corrected chi connectivity index (χ0v) is 19.7. The predicted octanol–water partition coefficient (Wildman–Crippen LogP) is 4.18. The van der Waals surface area contributed by atoms with Crippen LogP contribution in [0.3, 0.4) is 0 Å². The second-order valence-corrected chi connectivity index (χ2v) is 15.2. The number of aryl methyl sites for hydroxylation is 2. The molecular weight excluding hydrogens is 520 g/mol. The van der Waals surface area contributed by atoms with Crippen LogP contribution in [0.4, 0.5) is 0 Å². The van der Waals surface area contributed by atoms with Crippen LogP contribution < -0.4 is 0 Å². The zero-order chi connectivity index (χ0) is 20.8. The van der Waals surface area contributed by atoms with Crippen molar-refractivity contribution in [3.05, 3.63) is 83.9 Å². The fraction of sp³-hybridized carbons (Fsp3) is 0.0909. The van der Waals surface area contributed by atoms with Gasteiger partial charge in [0.05, 0.1) is 0 Å². The SMILES string of the molecule is Cc1ccc(S(=O)(=O)c2[te]c(S(=O)(=O)c3ccc(C)cc3)c3ccccc23)cc1. The molecule has 1 heterocycles. The van der Waals surface area contributed by atoms with E-state index in [1.807, 2.05) is 13.8 Å². The predicted molar refractivity (Wildman–Crippen MR) is 114 cm³/mol. The average Bonchev–Trinajstić information content (AvgIpc) is 3.10. The number of benzene rings is 3. The van der Waals surface area contributed by atoms with Gasteiger partial charge in [0.2, 0.25) is 0 Å². The fourth-order valence-corrected chi connectivity index (χ4v) is 12.8. The number of rotatable bonds is 4. The fourth-order valence-electron chi connectivity index (χ4n) is 3.08. The van der Waals surface area contributed by atoms with Gasteiger partial charge in [0.1, 0.15) is 0 Å². The maximum absolute atomic E-state index is 13.3. The Labute approximate surface area is 180 Å². The van der Waals surface area contributed by atoms with Gasteiger partial charge in [-0.3, -0.25) is 0 Å². The van der Waals surface area contributed by atoms with Gasteiger partial charge in [0, 0.05) is 0 Å². The van der Waals surface area contributed by atoms with Crippen LogP contribution >= 0.6 is 0 Å². The molecule has 0 radical (unpaired) electrons. The average molecular weight is 538 g/mol. The zero-order valence-electron chi connectivity index (χ0n) is 15.8. The summed E-state index contributed by atoms with van der Waals surface area (Å²) >= 11 is -1.64. The topological polar surface area (TPSA) is 68.3 Å². The molecule has 4 rings (SSSR count). The van der Waals surface area contributed by atoms with Gasteiger partial charge >= 0.3 is 181 Å². The van der Waals surface area contributed by atoms with E-state index in [4.69, 9.17) is 0 Å². The molecule has 0 aliphatic carbocycles. The van der Waals surface area contributed by atoms with Crippen molar-refractivity contribution < 1.29 is 16.8 Å². The Morgan fingerprint density at radius 3 is 1.24 bits per heavy atom. The van der Waals surface area contributed by atoms with Crippen LogP contribution in [0.1, 0.15) is 11.1 Å². The molecule has 0 saturated carbocycles. The molecule has 0 N–H and O–H groups in total. The van der Waals surface area contributed by atoms with E-state index in [0.717, 1.165) is 11.1 Å². The molecule has 0 atom stereocenters. The normalized spacial score (nSPS) is 12.3. The van der Waals surface area contributed by atoms with E-state index in [2.05, 4.69) is 0 Å². The summed E-state index contributed by atoms with van der Waals surface area (Å²) in [5, 5.41) is 1.03. The first-order chi connectivity index (χ1) is 13.7. The Kier molecular flexibility index (Phi) is 5.20. The third kappa shape index (κ3) is 3.57. The molecule has 0 aliphatic heterocycles. The van der Waals surface area contributed by atoms with Crippen molar-refractivity contribution in [2.24, 2.45) is 0 Å². The van der Waals surface area contributed by atoms with Crippen molar-refractivity contribution in [3.63, 3.8) is 0 Å². The molecule has 0 bridgehead atoms. The summed E-state index contributed by atoms with van der Waals surface area (Å²) in [4.78, 5) is 0.402. The van der Waals surface area contributed by atoms with Crippen LogP contribution in [-0.4, -0.2) is 37.3 Å². The molecule has 4 nitrogen and oxygen atoms in total. The van der Waals surface area contributed by atoms with Crippen molar-refractivity contribution in [2.45, 2.75) is 29.5 Å². The van der Waals surface area contributed by atoms with Gasteiger partial charge < -0.3 is 0 Å². The van der Waals surface area contributed by atoms with E-state index in [-0.39, 0.29) is 15.6 Å². The first kappa shape index (κ1) is 20.4. The summed E-state index contributed by atoms with van der Waals surface area (Å²) in [5.41, 5.74) is 1.93. The molecule has 0 fully saturated rings. The van der Waals surface area contributed by atoms with Gasteiger partial charge in [-0.25, -0.2) is 0 Å². The second kappa shape index (κ2) is 7.41. The van der Waals surface area contributed by atoms with Crippen molar-refractivity contribution in [3.8, 4) is 0 Å². The van der Waals surface area contributed by atoms with E-state index >= 15 is 0 Å². The molecule has 4 aromatic rings. The number of hydrogen-bond donors (Lipinski definition) is 0. The molecular formula is C22H18O4S2Te. The van der Waals surface area contributed by atoms with E-state index in [9.17, 15) is 16.8 Å². The minimum absolute atomic E-state index is 0.201. The van der Waals surface area contributed by atoms with Crippen molar-refractivity contribution in [1.82, 2.24) is 0 Å². The van der Waals surface area contributed by atoms with Gasteiger partial charge in [0.15, 0.2) is 0 Å². The Balaban J connectivity index is 1.97. The Morgan fingerprint density at radius 2 is 0.897 bits per heavy atom. The van der Waals surface area contributed by atoms with Gasteiger partial charge in [0.25, 0.3) is 0 Å². The van der Waals surface area contributed by atoms with Crippen LogP contribution in [0.5, 0.6) is 0 Å². The van der Waals surface area contributed by atoms with E-state index in [0.29, 0.717) is 10.8 Å². The van der Waals surface area contributed by atoms with E-state index in [1.54, 1.807) is 72.8 Å². The van der Waals surface area contributed by atoms with Gasteiger partial charge in [-0.15, -0.1) is 0 Å². The monoisotopic (exact) mass is 540 g/mol.